The lowest BCUT2D eigenvalue weighted by Crippen LogP contribution is -2.32. The Labute approximate surface area is 247 Å². The molecule has 0 N–H and O–H groups in total. The van der Waals surface area contributed by atoms with E-state index in [0.29, 0.717) is 11.1 Å². The second-order valence-corrected chi connectivity index (χ2v) is 15.2. The van der Waals surface area contributed by atoms with Crippen LogP contribution in [0.25, 0.3) is 0 Å². The van der Waals surface area contributed by atoms with Crippen LogP contribution in [-0.4, -0.2) is 47.0 Å². The number of carbonyl (C=O) groups excluding carboxylic acids is 1. The standard InChI is InChI=1S/C33H34O7S2/c1-21-16-22(2)28-23(3)17-24(19-41(35,36)25-12-8-6-9-13-25)29(32(34)39-5)30-27(40-33(4,18-21)31(28)30)20-42(37,38)26-14-10-7-11-15-26/h6-18,24,29H,19-20H2,1-5H3/t24-,29-,33?/m0/s1. The molecule has 3 aliphatic rings. The van der Waals surface area contributed by atoms with Crippen LogP contribution in [0.3, 0.4) is 0 Å². The fourth-order valence-electron chi connectivity index (χ4n) is 6.42. The van der Waals surface area contributed by atoms with Crippen LogP contribution < -0.4 is 0 Å². The van der Waals surface area contributed by atoms with Crippen molar-refractivity contribution in [3.8, 4) is 0 Å². The van der Waals surface area contributed by atoms with Gasteiger partial charge in [0.25, 0.3) is 0 Å². The van der Waals surface area contributed by atoms with Gasteiger partial charge in [0.2, 0.25) is 0 Å². The largest absolute Gasteiger partial charge is 0.482 e. The fraction of sp³-hybridized carbons (Fsp3) is 0.303. The van der Waals surface area contributed by atoms with Crippen LogP contribution in [-0.2, 0) is 33.9 Å². The molecule has 2 aromatic rings. The van der Waals surface area contributed by atoms with Crippen molar-refractivity contribution < 1.29 is 31.1 Å². The van der Waals surface area contributed by atoms with Crippen molar-refractivity contribution in [1.29, 1.82) is 0 Å². The molecule has 0 aromatic heterocycles. The molecule has 2 aromatic carbocycles. The fourth-order valence-corrected chi connectivity index (χ4v) is 9.28. The van der Waals surface area contributed by atoms with Gasteiger partial charge >= 0.3 is 5.97 Å². The van der Waals surface area contributed by atoms with E-state index in [1.807, 2.05) is 45.9 Å². The van der Waals surface area contributed by atoms with Gasteiger partial charge in [0.1, 0.15) is 11.5 Å². The number of ether oxygens (including phenoxy) is 2. The van der Waals surface area contributed by atoms with Crippen LogP contribution in [0.15, 0.2) is 128 Å². The molecular weight excluding hydrogens is 572 g/mol. The predicted molar refractivity (Wildman–Crippen MR) is 161 cm³/mol. The first-order valence-electron chi connectivity index (χ1n) is 13.6. The van der Waals surface area contributed by atoms with Crippen molar-refractivity contribution in [2.45, 2.75) is 43.1 Å². The monoisotopic (exact) mass is 606 g/mol. The van der Waals surface area contributed by atoms with Gasteiger partial charge in [-0.1, -0.05) is 54.1 Å². The quantitative estimate of drug-likeness (QED) is 0.381. The number of carbonyl (C=O) groups is 1. The lowest BCUT2D eigenvalue weighted by atomic mass is 9.78. The topological polar surface area (TPSA) is 104 Å². The van der Waals surface area contributed by atoms with Crippen LogP contribution in [0, 0.1) is 11.8 Å². The molecular formula is C33H34O7S2. The molecule has 42 heavy (non-hydrogen) atoms. The number of hydrogen-bond donors (Lipinski definition) is 0. The minimum atomic E-state index is -3.89. The van der Waals surface area contributed by atoms with Crippen molar-refractivity contribution in [1.82, 2.24) is 0 Å². The first-order chi connectivity index (χ1) is 19.8. The van der Waals surface area contributed by atoms with Gasteiger partial charge in [-0.05, 0) is 74.8 Å². The maximum Gasteiger partial charge on any atom is 0.313 e. The Hall–Kier alpha value is -3.69. The van der Waals surface area contributed by atoms with Crippen molar-refractivity contribution in [3.63, 3.8) is 0 Å². The molecule has 2 aliphatic carbocycles. The maximum atomic E-state index is 13.7. The molecule has 0 saturated heterocycles. The Morgan fingerprint density at radius 2 is 1.45 bits per heavy atom. The first kappa shape index (κ1) is 29.8. The van der Waals surface area contributed by atoms with E-state index in [4.69, 9.17) is 9.47 Å². The number of benzene rings is 2. The highest BCUT2D eigenvalue weighted by Gasteiger charge is 2.51. The summed E-state index contributed by atoms with van der Waals surface area (Å²) in [6, 6.07) is 16.1. The molecule has 0 radical (unpaired) electrons. The van der Waals surface area contributed by atoms with Gasteiger partial charge in [-0.3, -0.25) is 4.79 Å². The van der Waals surface area contributed by atoms with Gasteiger partial charge in [-0.15, -0.1) is 0 Å². The van der Waals surface area contributed by atoms with Crippen LogP contribution >= 0.6 is 0 Å². The van der Waals surface area contributed by atoms with Gasteiger partial charge in [-0.25, -0.2) is 16.8 Å². The third kappa shape index (κ3) is 5.31. The summed E-state index contributed by atoms with van der Waals surface area (Å²) in [6.45, 7) is 7.63. The molecule has 1 heterocycles. The molecule has 3 atom stereocenters. The molecule has 0 fully saturated rings. The van der Waals surface area contributed by atoms with E-state index in [9.17, 15) is 21.6 Å². The number of methoxy groups -OCH3 is 1. The molecule has 0 saturated carbocycles. The van der Waals surface area contributed by atoms with E-state index in [1.54, 1.807) is 36.4 Å². The zero-order valence-electron chi connectivity index (χ0n) is 24.2. The summed E-state index contributed by atoms with van der Waals surface area (Å²) in [7, 11) is -6.49. The third-order valence-corrected chi connectivity index (χ3v) is 11.4. The van der Waals surface area contributed by atoms with Crippen molar-refractivity contribution in [3.05, 3.63) is 118 Å². The summed E-state index contributed by atoms with van der Waals surface area (Å²) < 4.78 is 66.5. The van der Waals surface area contributed by atoms with E-state index >= 15 is 0 Å². The highest BCUT2D eigenvalue weighted by molar-refractivity contribution is 7.91. The maximum absolute atomic E-state index is 13.7. The molecule has 0 amide bonds. The van der Waals surface area contributed by atoms with Crippen molar-refractivity contribution >= 4 is 25.6 Å². The van der Waals surface area contributed by atoms with Gasteiger partial charge in [0.05, 0.1) is 28.6 Å². The van der Waals surface area contributed by atoms with E-state index in [0.717, 1.165) is 22.3 Å². The van der Waals surface area contributed by atoms with E-state index in [2.05, 4.69) is 0 Å². The molecule has 5 rings (SSSR count). The van der Waals surface area contributed by atoms with Gasteiger partial charge in [0.15, 0.2) is 25.3 Å². The summed E-state index contributed by atoms with van der Waals surface area (Å²) in [5, 5.41) is 0. The Kier molecular flexibility index (Phi) is 7.70. The first-order valence-corrected chi connectivity index (χ1v) is 17.0. The second-order valence-electron chi connectivity index (χ2n) is 11.2. The summed E-state index contributed by atoms with van der Waals surface area (Å²) >= 11 is 0. The number of hydrogen-bond acceptors (Lipinski definition) is 7. The average molecular weight is 607 g/mol. The zero-order valence-corrected chi connectivity index (χ0v) is 25.9. The van der Waals surface area contributed by atoms with E-state index in [-0.39, 0.29) is 21.3 Å². The molecule has 0 bridgehead atoms. The SMILES string of the molecule is COC(=O)[C@@H]1C2=C(CS(=O)(=O)c3ccccc3)OC3(C)C=C(C)C=C(C)C(=C23)C(C)=C[C@H]1CS(=O)(=O)c1ccccc1. The number of esters is 1. The molecule has 7 nitrogen and oxygen atoms in total. The van der Waals surface area contributed by atoms with Gasteiger partial charge in [0, 0.05) is 17.1 Å². The van der Waals surface area contributed by atoms with E-state index < -0.39 is 48.8 Å². The van der Waals surface area contributed by atoms with Crippen LogP contribution in [0.1, 0.15) is 27.7 Å². The Bertz CT molecular complexity index is 1810. The summed E-state index contributed by atoms with van der Waals surface area (Å²) in [5.74, 6) is -3.41. The molecule has 1 unspecified atom stereocenters. The number of sulfone groups is 2. The van der Waals surface area contributed by atoms with Gasteiger partial charge < -0.3 is 9.47 Å². The average Bonchev–Trinajstić information content (AvgIpc) is 3.04. The van der Waals surface area contributed by atoms with E-state index in [1.165, 1.54) is 31.4 Å². The molecule has 1 aliphatic heterocycles. The van der Waals surface area contributed by atoms with Crippen LogP contribution in [0.2, 0.25) is 0 Å². The minimum absolute atomic E-state index is 0.119. The van der Waals surface area contributed by atoms with Gasteiger partial charge in [-0.2, -0.15) is 0 Å². The Morgan fingerprint density at radius 1 is 0.881 bits per heavy atom. The van der Waals surface area contributed by atoms with Crippen molar-refractivity contribution in [2.24, 2.45) is 11.8 Å². The highest BCUT2D eigenvalue weighted by atomic mass is 32.2. The lowest BCUT2D eigenvalue weighted by Gasteiger charge is -2.27. The predicted octanol–water partition coefficient (Wildman–Crippen LogP) is 5.55. The molecule has 0 spiro atoms. The normalized spacial score (nSPS) is 24.1. The lowest BCUT2D eigenvalue weighted by molar-refractivity contribution is -0.145. The minimum Gasteiger partial charge on any atom is -0.482 e. The Morgan fingerprint density at radius 3 is 2.02 bits per heavy atom. The summed E-state index contributed by atoms with van der Waals surface area (Å²) in [4.78, 5) is 14.0. The highest BCUT2D eigenvalue weighted by Crippen LogP contribution is 2.53. The Balaban J connectivity index is 1.77. The second kappa shape index (κ2) is 10.9. The number of allylic oxidation sites excluding steroid dienone is 6. The molecule has 9 heteroatoms. The smallest absolute Gasteiger partial charge is 0.313 e. The van der Waals surface area contributed by atoms with Crippen molar-refractivity contribution in [2.75, 3.05) is 18.6 Å². The summed E-state index contributed by atoms with van der Waals surface area (Å²) in [6.07, 6.45) is 5.75. The van der Waals surface area contributed by atoms with Crippen LogP contribution in [0.5, 0.6) is 0 Å². The molecule has 220 valence electrons. The van der Waals surface area contributed by atoms with Crippen LogP contribution in [0.4, 0.5) is 0 Å². The zero-order chi connectivity index (χ0) is 30.4. The number of rotatable bonds is 7. The third-order valence-electron chi connectivity index (χ3n) is 7.98. The summed E-state index contributed by atoms with van der Waals surface area (Å²) in [5.41, 5.74) is 3.34.